The predicted octanol–water partition coefficient (Wildman–Crippen LogP) is 2.50. The molecule has 2 N–H and O–H groups in total. The van der Waals surface area contributed by atoms with Gasteiger partial charge in [-0.1, -0.05) is 20.3 Å². The molecule has 1 heterocycles. The quantitative estimate of drug-likeness (QED) is 0.678. The van der Waals surface area contributed by atoms with Crippen LogP contribution in [0.5, 0.6) is 0 Å². The van der Waals surface area contributed by atoms with Crippen molar-refractivity contribution < 1.29 is 4.74 Å². The van der Waals surface area contributed by atoms with Crippen molar-refractivity contribution in [1.29, 1.82) is 0 Å². The van der Waals surface area contributed by atoms with E-state index in [-0.39, 0.29) is 0 Å². The van der Waals surface area contributed by atoms with Crippen LogP contribution in [0, 0.1) is 11.3 Å². The van der Waals surface area contributed by atoms with Crippen LogP contribution < -0.4 is 5.73 Å². The first-order valence-electron chi connectivity index (χ1n) is 7.50. The number of nitrogens with two attached hydrogens (primary N) is 1. The summed E-state index contributed by atoms with van der Waals surface area (Å²) in [4.78, 5) is 2.49. The van der Waals surface area contributed by atoms with Crippen LogP contribution in [0.1, 0.15) is 46.0 Å². The molecule has 1 rings (SSSR count). The van der Waals surface area contributed by atoms with Crippen LogP contribution in [0.15, 0.2) is 0 Å². The minimum absolute atomic E-state index is 0.319. The summed E-state index contributed by atoms with van der Waals surface area (Å²) in [6.07, 6.45) is 6.31. The standard InChI is InChI=1S/C15H32N2O/c1-15(2,13-16)8-4-5-9-17(3)12-14-6-10-18-11-7-14/h14H,4-13,16H2,1-3H3. The first-order valence-corrected chi connectivity index (χ1v) is 7.50. The Morgan fingerprint density at radius 1 is 1.22 bits per heavy atom. The number of unbranched alkanes of at least 4 members (excludes halogenated alkanes) is 1. The minimum Gasteiger partial charge on any atom is -0.381 e. The van der Waals surface area contributed by atoms with Crippen molar-refractivity contribution in [3.05, 3.63) is 0 Å². The predicted molar refractivity (Wildman–Crippen MR) is 77.7 cm³/mol. The van der Waals surface area contributed by atoms with Gasteiger partial charge in [0.05, 0.1) is 0 Å². The highest BCUT2D eigenvalue weighted by Crippen LogP contribution is 2.21. The van der Waals surface area contributed by atoms with E-state index >= 15 is 0 Å². The van der Waals surface area contributed by atoms with Crippen molar-refractivity contribution in [2.75, 3.05) is 39.9 Å². The van der Waals surface area contributed by atoms with Gasteiger partial charge in [0.2, 0.25) is 0 Å². The average Bonchev–Trinajstić information content (AvgIpc) is 2.36. The lowest BCUT2D eigenvalue weighted by Gasteiger charge is -2.27. The summed E-state index contributed by atoms with van der Waals surface area (Å²) < 4.78 is 5.40. The highest BCUT2D eigenvalue weighted by atomic mass is 16.5. The molecule has 0 saturated carbocycles. The van der Waals surface area contributed by atoms with E-state index in [0.717, 1.165) is 25.7 Å². The zero-order chi connectivity index (χ0) is 13.4. The minimum atomic E-state index is 0.319. The Kier molecular flexibility index (Phi) is 7.20. The first-order chi connectivity index (χ1) is 8.53. The molecule has 1 aliphatic rings. The van der Waals surface area contributed by atoms with Gasteiger partial charge in [-0.2, -0.15) is 0 Å². The molecule has 0 aliphatic carbocycles. The topological polar surface area (TPSA) is 38.5 Å². The molecule has 0 aromatic rings. The van der Waals surface area contributed by atoms with E-state index in [1.165, 1.54) is 45.2 Å². The van der Waals surface area contributed by atoms with E-state index in [2.05, 4.69) is 25.8 Å². The molecule has 0 bridgehead atoms. The summed E-state index contributed by atoms with van der Waals surface area (Å²) in [5.74, 6) is 0.851. The third-order valence-electron chi connectivity index (χ3n) is 4.11. The summed E-state index contributed by atoms with van der Waals surface area (Å²) >= 11 is 0. The molecule has 0 amide bonds. The van der Waals surface area contributed by atoms with Gasteiger partial charge in [0.1, 0.15) is 0 Å². The number of ether oxygens (including phenoxy) is 1. The smallest absolute Gasteiger partial charge is 0.0469 e. The molecular formula is C15H32N2O. The van der Waals surface area contributed by atoms with Gasteiger partial charge in [-0.25, -0.2) is 0 Å². The van der Waals surface area contributed by atoms with Gasteiger partial charge in [-0.15, -0.1) is 0 Å². The normalized spacial score (nSPS) is 18.5. The Hall–Kier alpha value is -0.120. The molecule has 0 aromatic carbocycles. The fraction of sp³-hybridized carbons (Fsp3) is 1.00. The van der Waals surface area contributed by atoms with Gasteiger partial charge < -0.3 is 15.4 Å². The monoisotopic (exact) mass is 256 g/mol. The summed E-state index contributed by atoms with van der Waals surface area (Å²) in [5.41, 5.74) is 6.07. The molecule has 18 heavy (non-hydrogen) atoms. The van der Waals surface area contributed by atoms with Crippen LogP contribution in [0.2, 0.25) is 0 Å². The number of nitrogens with zero attached hydrogens (tertiary/aromatic N) is 1. The largest absolute Gasteiger partial charge is 0.381 e. The van der Waals surface area contributed by atoms with Crippen LogP contribution >= 0.6 is 0 Å². The van der Waals surface area contributed by atoms with Gasteiger partial charge in [0.15, 0.2) is 0 Å². The van der Waals surface area contributed by atoms with Crippen LogP contribution in [-0.4, -0.2) is 44.8 Å². The van der Waals surface area contributed by atoms with Crippen LogP contribution in [-0.2, 0) is 4.74 Å². The molecule has 3 heteroatoms. The van der Waals surface area contributed by atoms with E-state index < -0.39 is 0 Å². The maximum atomic E-state index is 5.75. The number of hydrogen-bond donors (Lipinski definition) is 1. The van der Waals surface area contributed by atoms with Crippen molar-refractivity contribution in [2.24, 2.45) is 17.1 Å². The maximum Gasteiger partial charge on any atom is 0.0469 e. The summed E-state index contributed by atoms with van der Waals surface area (Å²) in [6, 6.07) is 0. The Morgan fingerprint density at radius 2 is 1.89 bits per heavy atom. The molecule has 0 atom stereocenters. The molecule has 1 aliphatic heterocycles. The van der Waals surface area contributed by atoms with Crippen molar-refractivity contribution >= 4 is 0 Å². The van der Waals surface area contributed by atoms with Crippen molar-refractivity contribution in [2.45, 2.75) is 46.0 Å². The molecular weight excluding hydrogens is 224 g/mol. The second-order valence-electron chi connectivity index (χ2n) is 6.64. The summed E-state index contributed by atoms with van der Waals surface area (Å²) in [7, 11) is 2.25. The molecule has 0 unspecified atom stereocenters. The Bertz CT molecular complexity index is 213. The van der Waals surface area contributed by atoms with Gasteiger partial charge in [-0.3, -0.25) is 0 Å². The fourth-order valence-corrected chi connectivity index (χ4v) is 2.55. The van der Waals surface area contributed by atoms with E-state index in [1.54, 1.807) is 0 Å². The van der Waals surface area contributed by atoms with E-state index in [4.69, 9.17) is 10.5 Å². The van der Waals surface area contributed by atoms with Crippen LogP contribution in [0.25, 0.3) is 0 Å². The first kappa shape index (κ1) is 15.9. The van der Waals surface area contributed by atoms with Gasteiger partial charge >= 0.3 is 0 Å². The number of hydrogen-bond acceptors (Lipinski definition) is 3. The zero-order valence-corrected chi connectivity index (χ0v) is 12.6. The second-order valence-corrected chi connectivity index (χ2v) is 6.64. The Morgan fingerprint density at radius 3 is 2.50 bits per heavy atom. The lowest BCUT2D eigenvalue weighted by molar-refractivity contribution is 0.0555. The Balaban J connectivity index is 2.04. The molecule has 3 nitrogen and oxygen atoms in total. The molecule has 108 valence electrons. The van der Waals surface area contributed by atoms with Gasteiger partial charge in [-0.05, 0) is 57.2 Å². The van der Waals surface area contributed by atoms with E-state index in [0.29, 0.717) is 5.41 Å². The summed E-state index contributed by atoms with van der Waals surface area (Å²) in [5, 5.41) is 0. The van der Waals surface area contributed by atoms with Crippen molar-refractivity contribution in [3.8, 4) is 0 Å². The molecule has 0 radical (unpaired) electrons. The molecule has 1 fully saturated rings. The molecule has 1 saturated heterocycles. The third-order valence-corrected chi connectivity index (χ3v) is 4.11. The lowest BCUT2D eigenvalue weighted by Crippen LogP contribution is -2.30. The van der Waals surface area contributed by atoms with Crippen LogP contribution in [0.4, 0.5) is 0 Å². The maximum absolute atomic E-state index is 5.75. The average molecular weight is 256 g/mol. The van der Waals surface area contributed by atoms with Gasteiger partial charge in [0, 0.05) is 19.8 Å². The SMILES string of the molecule is CN(CCCCC(C)(C)CN)CC1CCOCC1. The summed E-state index contributed by atoms with van der Waals surface area (Å²) in [6.45, 7) is 9.70. The Labute approximate surface area is 113 Å². The highest BCUT2D eigenvalue weighted by Gasteiger charge is 2.16. The third kappa shape index (κ3) is 6.72. The zero-order valence-electron chi connectivity index (χ0n) is 12.6. The lowest BCUT2D eigenvalue weighted by atomic mass is 9.87. The van der Waals surface area contributed by atoms with Gasteiger partial charge in [0.25, 0.3) is 0 Å². The second kappa shape index (κ2) is 8.13. The number of rotatable bonds is 8. The fourth-order valence-electron chi connectivity index (χ4n) is 2.55. The molecule has 0 spiro atoms. The van der Waals surface area contributed by atoms with Crippen LogP contribution in [0.3, 0.4) is 0 Å². The van der Waals surface area contributed by atoms with Crippen molar-refractivity contribution in [1.82, 2.24) is 4.90 Å². The van der Waals surface area contributed by atoms with E-state index in [1.807, 2.05) is 0 Å². The molecule has 0 aromatic heterocycles. The van der Waals surface area contributed by atoms with E-state index in [9.17, 15) is 0 Å². The van der Waals surface area contributed by atoms with Crippen molar-refractivity contribution in [3.63, 3.8) is 0 Å². The highest BCUT2D eigenvalue weighted by molar-refractivity contribution is 4.70.